The zero-order chi connectivity index (χ0) is 20.5. The molecule has 1 aromatic heterocycles. The third-order valence-corrected chi connectivity index (χ3v) is 5.31. The highest BCUT2D eigenvalue weighted by atomic mass is 16.2. The van der Waals surface area contributed by atoms with E-state index in [1.165, 1.54) is 0 Å². The molecule has 2 amide bonds. The molecule has 2 N–H and O–H groups in total. The molecule has 1 aliphatic heterocycles. The van der Waals surface area contributed by atoms with Gasteiger partial charge in [0.2, 0.25) is 0 Å². The molecule has 1 saturated heterocycles. The number of likely N-dealkylation sites (tertiary alicyclic amines) is 1. The van der Waals surface area contributed by atoms with Crippen LogP contribution < -0.4 is 10.6 Å². The quantitative estimate of drug-likeness (QED) is 0.753. The Labute approximate surface area is 172 Å². The minimum atomic E-state index is -0.116. The zero-order valence-corrected chi connectivity index (χ0v) is 17.0. The van der Waals surface area contributed by atoms with E-state index in [-0.39, 0.29) is 18.1 Å². The molecule has 1 atom stereocenters. The molecule has 6 heteroatoms. The van der Waals surface area contributed by atoms with Gasteiger partial charge >= 0.3 is 6.03 Å². The minimum absolute atomic E-state index is 0.0614. The maximum Gasteiger partial charge on any atom is 0.315 e. The molecule has 2 aromatic rings. The Morgan fingerprint density at radius 3 is 2.79 bits per heavy atom. The van der Waals surface area contributed by atoms with Crippen molar-refractivity contribution in [3.8, 4) is 6.07 Å². The summed E-state index contributed by atoms with van der Waals surface area (Å²) in [4.78, 5) is 19.3. The third kappa shape index (κ3) is 6.30. The third-order valence-electron chi connectivity index (χ3n) is 5.31. The van der Waals surface area contributed by atoms with Crippen LogP contribution in [0, 0.1) is 11.3 Å². The summed E-state index contributed by atoms with van der Waals surface area (Å²) in [6.45, 7) is 4.81. The first-order chi connectivity index (χ1) is 14.2. The Kier molecular flexibility index (Phi) is 7.60. The number of benzene rings is 1. The van der Waals surface area contributed by atoms with Crippen molar-refractivity contribution in [2.45, 2.75) is 51.2 Å². The second kappa shape index (κ2) is 10.6. The average Bonchev–Trinajstić information content (AvgIpc) is 2.75. The van der Waals surface area contributed by atoms with Crippen molar-refractivity contribution in [3.05, 3.63) is 65.5 Å². The first-order valence-corrected chi connectivity index (χ1v) is 10.4. The second-order valence-electron chi connectivity index (χ2n) is 7.58. The van der Waals surface area contributed by atoms with E-state index < -0.39 is 0 Å². The van der Waals surface area contributed by atoms with Crippen molar-refractivity contribution < 1.29 is 4.79 Å². The molecule has 0 radical (unpaired) electrons. The number of hydrogen-bond donors (Lipinski definition) is 2. The fraction of sp³-hybridized carbons (Fsp3) is 0.435. The van der Waals surface area contributed by atoms with E-state index in [1.54, 1.807) is 6.20 Å². The zero-order valence-electron chi connectivity index (χ0n) is 17.0. The van der Waals surface area contributed by atoms with Crippen LogP contribution in [0.3, 0.4) is 0 Å². The van der Waals surface area contributed by atoms with Gasteiger partial charge in [0.1, 0.15) is 0 Å². The maximum absolute atomic E-state index is 12.5. The van der Waals surface area contributed by atoms with E-state index in [9.17, 15) is 4.79 Å². The van der Waals surface area contributed by atoms with Crippen molar-refractivity contribution in [2.24, 2.45) is 0 Å². The topological polar surface area (TPSA) is 81.0 Å². The summed E-state index contributed by atoms with van der Waals surface area (Å²) in [5.41, 5.74) is 2.76. The Bertz CT molecular complexity index is 825. The number of rotatable bonds is 7. The minimum Gasteiger partial charge on any atom is -0.335 e. The molecule has 6 nitrogen and oxygen atoms in total. The monoisotopic (exact) mass is 391 g/mol. The van der Waals surface area contributed by atoms with Crippen LogP contribution in [-0.2, 0) is 6.54 Å². The Balaban J connectivity index is 1.46. The molecule has 0 spiro atoms. The Morgan fingerprint density at radius 2 is 2.10 bits per heavy atom. The lowest BCUT2D eigenvalue weighted by Gasteiger charge is -2.32. The summed E-state index contributed by atoms with van der Waals surface area (Å²) in [6, 6.07) is 15.8. The van der Waals surface area contributed by atoms with Gasteiger partial charge in [0, 0.05) is 31.9 Å². The molecule has 1 aromatic carbocycles. The van der Waals surface area contributed by atoms with Crippen LogP contribution in [0.25, 0.3) is 0 Å². The van der Waals surface area contributed by atoms with Crippen molar-refractivity contribution >= 4 is 6.03 Å². The first-order valence-electron chi connectivity index (χ1n) is 10.4. The van der Waals surface area contributed by atoms with Crippen LogP contribution in [-0.4, -0.2) is 35.0 Å². The number of amides is 2. The molecular formula is C23H29N5O. The fourth-order valence-electron chi connectivity index (χ4n) is 3.78. The Hall–Kier alpha value is -2.91. The number of nitriles is 1. The highest BCUT2D eigenvalue weighted by Crippen LogP contribution is 2.17. The van der Waals surface area contributed by atoms with Crippen LogP contribution in [0.5, 0.6) is 0 Å². The summed E-state index contributed by atoms with van der Waals surface area (Å²) in [5.74, 6) is 0. The number of hydrogen-bond acceptors (Lipinski definition) is 4. The molecule has 0 aliphatic carbocycles. The Morgan fingerprint density at radius 1 is 1.28 bits per heavy atom. The van der Waals surface area contributed by atoms with Gasteiger partial charge in [0.05, 0.1) is 23.4 Å². The lowest BCUT2D eigenvalue weighted by Crippen LogP contribution is -2.48. The van der Waals surface area contributed by atoms with Gasteiger partial charge in [0.15, 0.2) is 0 Å². The standard InChI is InChI=1S/C23H29N5O/c1-2-6-22(21-9-3-4-12-25-21)27-23(29)26-20-10-13-28(14-11-20)17-19-8-5-7-18(15-19)16-24/h3-5,7-9,12,15,20,22H,2,6,10-11,13-14,17H2,1H3,(H2,26,27,29). The number of nitrogens with zero attached hydrogens (tertiary/aromatic N) is 3. The summed E-state index contributed by atoms with van der Waals surface area (Å²) in [6.07, 6.45) is 5.46. The summed E-state index contributed by atoms with van der Waals surface area (Å²) < 4.78 is 0. The molecule has 2 heterocycles. The molecule has 1 unspecified atom stereocenters. The van der Waals surface area contributed by atoms with Crippen molar-refractivity contribution in [1.29, 1.82) is 5.26 Å². The van der Waals surface area contributed by atoms with Gasteiger partial charge in [-0.2, -0.15) is 5.26 Å². The van der Waals surface area contributed by atoms with Gasteiger partial charge in [-0.3, -0.25) is 9.88 Å². The van der Waals surface area contributed by atoms with Crippen LogP contribution in [0.4, 0.5) is 4.79 Å². The molecule has 29 heavy (non-hydrogen) atoms. The second-order valence-corrected chi connectivity index (χ2v) is 7.58. The number of piperidine rings is 1. The van der Waals surface area contributed by atoms with Gasteiger partial charge < -0.3 is 10.6 Å². The van der Waals surface area contributed by atoms with Crippen LogP contribution >= 0.6 is 0 Å². The summed E-state index contributed by atoms with van der Waals surface area (Å²) in [7, 11) is 0. The van der Waals surface area contributed by atoms with Crippen molar-refractivity contribution in [3.63, 3.8) is 0 Å². The van der Waals surface area contributed by atoms with E-state index in [4.69, 9.17) is 5.26 Å². The molecule has 152 valence electrons. The van der Waals surface area contributed by atoms with E-state index >= 15 is 0 Å². The lowest BCUT2D eigenvalue weighted by molar-refractivity contribution is 0.185. The predicted octanol–water partition coefficient (Wildman–Crippen LogP) is 3.76. The smallest absolute Gasteiger partial charge is 0.315 e. The molecule has 1 fully saturated rings. The summed E-state index contributed by atoms with van der Waals surface area (Å²) >= 11 is 0. The highest BCUT2D eigenvalue weighted by Gasteiger charge is 2.22. The molecule has 0 bridgehead atoms. The molecular weight excluding hydrogens is 362 g/mol. The van der Waals surface area contributed by atoms with Gasteiger partial charge in [-0.15, -0.1) is 0 Å². The number of aromatic nitrogens is 1. The van der Waals surface area contributed by atoms with E-state index in [0.717, 1.165) is 56.6 Å². The SMILES string of the molecule is CCCC(NC(=O)NC1CCN(Cc2cccc(C#N)c2)CC1)c1ccccn1. The number of nitrogens with one attached hydrogen (secondary N) is 2. The number of pyridine rings is 1. The van der Waals surface area contributed by atoms with Crippen LogP contribution in [0.2, 0.25) is 0 Å². The molecule has 1 aliphatic rings. The van der Waals surface area contributed by atoms with Gasteiger partial charge in [0.25, 0.3) is 0 Å². The van der Waals surface area contributed by atoms with Gasteiger partial charge in [-0.25, -0.2) is 4.79 Å². The van der Waals surface area contributed by atoms with E-state index in [0.29, 0.717) is 5.56 Å². The average molecular weight is 392 g/mol. The molecule has 0 saturated carbocycles. The van der Waals surface area contributed by atoms with Crippen molar-refractivity contribution in [1.82, 2.24) is 20.5 Å². The number of urea groups is 1. The largest absolute Gasteiger partial charge is 0.335 e. The van der Waals surface area contributed by atoms with Gasteiger partial charge in [-0.1, -0.05) is 31.5 Å². The highest BCUT2D eigenvalue weighted by molar-refractivity contribution is 5.74. The number of carbonyl (C=O) groups excluding carboxylic acids is 1. The summed E-state index contributed by atoms with van der Waals surface area (Å²) in [5, 5.41) is 15.3. The maximum atomic E-state index is 12.5. The molecule has 3 rings (SSSR count). The van der Waals surface area contributed by atoms with E-state index in [1.807, 2.05) is 36.4 Å². The fourth-order valence-corrected chi connectivity index (χ4v) is 3.78. The predicted molar refractivity (Wildman–Crippen MR) is 113 cm³/mol. The van der Waals surface area contributed by atoms with Crippen LogP contribution in [0.1, 0.15) is 55.5 Å². The van der Waals surface area contributed by atoms with Crippen LogP contribution in [0.15, 0.2) is 48.7 Å². The normalized spacial score (nSPS) is 16.0. The first kappa shape index (κ1) is 20.8. The lowest BCUT2D eigenvalue weighted by atomic mass is 10.0. The van der Waals surface area contributed by atoms with Crippen molar-refractivity contribution in [2.75, 3.05) is 13.1 Å². The van der Waals surface area contributed by atoms with E-state index in [2.05, 4.69) is 39.6 Å². The number of carbonyl (C=O) groups is 1. The van der Waals surface area contributed by atoms with Gasteiger partial charge in [-0.05, 0) is 49.1 Å².